The van der Waals surface area contributed by atoms with Crippen molar-refractivity contribution in [2.45, 2.75) is 0 Å². The summed E-state index contributed by atoms with van der Waals surface area (Å²) in [4.78, 5) is 37.5. The van der Waals surface area contributed by atoms with E-state index in [0.717, 1.165) is 109 Å². The summed E-state index contributed by atoms with van der Waals surface area (Å²) < 4.78 is 29.5. The number of hydrogen-bond donors (Lipinski definition) is 0. The Kier molecular flexibility index (Phi) is 10.2. The van der Waals surface area contributed by atoms with Gasteiger partial charge in [0.05, 0.1) is 55.5 Å². The summed E-state index contributed by atoms with van der Waals surface area (Å²) in [5.41, 5.74) is 12.0. The highest BCUT2D eigenvalue weighted by Crippen LogP contribution is 2.47. The van der Waals surface area contributed by atoms with E-state index in [1.807, 2.05) is 97.1 Å². The Morgan fingerprint density at radius 3 is 0.735 bits per heavy atom. The summed E-state index contributed by atoms with van der Waals surface area (Å²) in [7, 11) is 0. The Morgan fingerprint density at radius 2 is 0.470 bits per heavy atom. The number of benzene rings is 9. The van der Waals surface area contributed by atoms with Gasteiger partial charge in [-0.15, -0.1) is 0 Å². The maximum Gasteiger partial charge on any atom is 0.175 e. The molecule has 0 saturated carbocycles. The van der Waals surface area contributed by atoms with Crippen LogP contribution in [0.1, 0.15) is 0 Å². The standard InChI is InChI=1S/C70H41FN12/c71-64-65(82-54-17-5-1-13-46(54)47-14-2-6-18-55(47)82)62(80-58-25-21-42(67-72-29-9-30-73-67)37-50(58)51-38-43(22-26-59(51)80)68-74-31-10-32-75-68)41-63(66(64)83-56-19-7-3-15-48(56)49-16-4-8-20-57(49)83)81-60-27-23-44(69-76-33-11-34-77-69)39-52(60)53-40-45(24-28-61(53)81)70-78-35-12-36-79-70/h1-41H. The van der Waals surface area contributed by atoms with E-state index < -0.39 is 5.82 Å². The molecule has 388 valence electrons. The lowest BCUT2D eigenvalue weighted by Gasteiger charge is -2.24. The van der Waals surface area contributed by atoms with Crippen molar-refractivity contribution in [1.29, 1.82) is 0 Å². The summed E-state index contributed by atoms with van der Waals surface area (Å²) in [6.07, 6.45) is 14.0. The maximum absolute atomic E-state index is 20.8. The third kappa shape index (κ3) is 7.04. The van der Waals surface area contributed by atoms with Gasteiger partial charge >= 0.3 is 0 Å². The molecule has 8 aromatic heterocycles. The fourth-order valence-electron chi connectivity index (χ4n) is 12.6. The predicted octanol–water partition coefficient (Wildman–Crippen LogP) is 16.0. The number of para-hydroxylation sites is 4. The molecule has 8 heterocycles. The molecule has 0 spiro atoms. The van der Waals surface area contributed by atoms with Crippen molar-refractivity contribution in [2.75, 3.05) is 0 Å². The molecule has 0 saturated heterocycles. The lowest BCUT2D eigenvalue weighted by Crippen LogP contribution is -2.14. The Balaban J connectivity index is 1.09. The van der Waals surface area contributed by atoms with Crippen LogP contribution in [0.5, 0.6) is 0 Å². The molecule has 0 aliphatic heterocycles. The van der Waals surface area contributed by atoms with Crippen molar-refractivity contribution in [1.82, 2.24) is 58.1 Å². The van der Waals surface area contributed by atoms with Crippen molar-refractivity contribution in [3.05, 3.63) is 256 Å². The van der Waals surface area contributed by atoms with Gasteiger partial charge in [0, 0.05) is 115 Å². The van der Waals surface area contributed by atoms with Gasteiger partial charge in [-0.2, -0.15) is 0 Å². The first-order chi connectivity index (χ1) is 41.1. The van der Waals surface area contributed by atoms with Crippen LogP contribution in [0, 0.1) is 5.82 Å². The average molecular weight is 1070 g/mol. The van der Waals surface area contributed by atoms with Crippen LogP contribution >= 0.6 is 0 Å². The summed E-state index contributed by atoms with van der Waals surface area (Å²) in [5, 5.41) is 7.63. The van der Waals surface area contributed by atoms with Crippen LogP contribution in [0.2, 0.25) is 0 Å². The van der Waals surface area contributed by atoms with E-state index in [-0.39, 0.29) is 0 Å². The number of fused-ring (bicyclic) bond motifs is 12. The zero-order valence-electron chi connectivity index (χ0n) is 43.9. The first kappa shape index (κ1) is 46.4. The van der Waals surface area contributed by atoms with E-state index in [4.69, 9.17) is 0 Å². The van der Waals surface area contributed by atoms with Gasteiger partial charge in [0.1, 0.15) is 11.4 Å². The first-order valence-electron chi connectivity index (χ1n) is 27.2. The van der Waals surface area contributed by atoms with Crippen molar-refractivity contribution in [3.8, 4) is 68.3 Å². The predicted molar refractivity (Wildman–Crippen MR) is 328 cm³/mol. The van der Waals surface area contributed by atoms with E-state index in [9.17, 15) is 0 Å². The third-order valence-electron chi connectivity index (χ3n) is 16.1. The summed E-state index contributed by atoms with van der Waals surface area (Å²) in [5.74, 6) is 1.91. The second kappa shape index (κ2) is 18.2. The van der Waals surface area contributed by atoms with Gasteiger partial charge in [0.15, 0.2) is 29.1 Å². The molecule has 0 aliphatic rings. The van der Waals surface area contributed by atoms with E-state index in [1.165, 1.54) is 0 Å². The maximum atomic E-state index is 20.8. The number of rotatable bonds is 8. The minimum atomic E-state index is -0.437. The Morgan fingerprint density at radius 1 is 0.229 bits per heavy atom. The number of hydrogen-bond acceptors (Lipinski definition) is 8. The summed E-state index contributed by atoms with van der Waals surface area (Å²) in [6, 6.07) is 67.8. The van der Waals surface area contributed by atoms with Crippen LogP contribution in [0.15, 0.2) is 250 Å². The lowest BCUT2D eigenvalue weighted by atomic mass is 10.1. The molecular weight excluding hydrogens is 1030 g/mol. The molecule has 17 rings (SSSR count). The Labute approximate surface area is 471 Å². The van der Waals surface area contributed by atoms with Gasteiger partial charge in [0.2, 0.25) is 0 Å². The molecule has 13 heteroatoms. The second-order valence-corrected chi connectivity index (χ2v) is 20.6. The van der Waals surface area contributed by atoms with E-state index in [2.05, 4.69) is 161 Å². The molecule has 0 fully saturated rings. The highest BCUT2D eigenvalue weighted by molar-refractivity contribution is 6.16. The minimum Gasteiger partial charge on any atom is -0.307 e. The van der Waals surface area contributed by atoms with Crippen LogP contribution in [-0.4, -0.2) is 58.1 Å². The van der Waals surface area contributed by atoms with Crippen LogP contribution in [0.4, 0.5) is 4.39 Å². The van der Waals surface area contributed by atoms with Gasteiger partial charge in [-0.3, -0.25) is 0 Å². The zero-order valence-corrected chi connectivity index (χ0v) is 43.9. The molecule has 12 nitrogen and oxygen atoms in total. The van der Waals surface area contributed by atoms with Crippen LogP contribution < -0.4 is 0 Å². The number of halogens is 1. The van der Waals surface area contributed by atoms with E-state index in [0.29, 0.717) is 46.0 Å². The monoisotopic (exact) mass is 1070 g/mol. The fourth-order valence-corrected chi connectivity index (χ4v) is 12.6. The van der Waals surface area contributed by atoms with Gasteiger partial charge < -0.3 is 18.3 Å². The van der Waals surface area contributed by atoms with Crippen LogP contribution in [0.25, 0.3) is 156 Å². The van der Waals surface area contributed by atoms with Crippen molar-refractivity contribution < 1.29 is 4.39 Å². The fraction of sp³-hybridized carbons (Fsp3) is 0. The van der Waals surface area contributed by atoms with Crippen molar-refractivity contribution >= 4 is 87.2 Å². The third-order valence-corrected chi connectivity index (χ3v) is 16.1. The van der Waals surface area contributed by atoms with Crippen LogP contribution in [0.3, 0.4) is 0 Å². The topological polar surface area (TPSA) is 123 Å². The molecule has 9 aromatic carbocycles. The second-order valence-electron chi connectivity index (χ2n) is 20.6. The highest BCUT2D eigenvalue weighted by Gasteiger charge is 2.31. The normalized spacial score (nSPS) is 11.9. The largest absolute Gasteiger partial charge is 0.307 e. The van der Waals surface area contributed by atoms with Gasteiger partial charge in [-0.25, -0.2) is 44.3 Å². The van der Waals surface area contributed by atoms with Crippen molar-refractivity contribution in [3.63, 3.8) is 0 Å². The quantitative estimate of drug-likeness (QED) is 0.147. The minimum absolute atomic E-state index is 0.362. The zero-order chi connectivity index (χ0) is 54.7. The molecule has 0 radical (unpaired) electrons. The lowest BCUT2D eigenvalue weighted by molar-refractivity contribution is 0.612. The molecule has 0 N–H and O–H groups in total. The summed E-state index contributed by atoms with van der Waals surface area (Å²) in [6.45, 7) is 0. The molecule has 0 amide bonds. The number of nitrogens with zero attached hydrogens (tertiary/aromatic N) is 12. The van der Waals surface area contributed by atoms with Gasteiger partial charge in [-0.1, -0.05) is 72.8 Å². The molecule has 0 bridgehead atoms. The molecule has 17 aromatic rings. The van der Waals surface area contributed by atoms with Crippen LogP contribution in [-0.2, 0) is 0 Å². The molecule has 0 aliphatic carbocycles. The van der Waals surface area contributed by atoms with Gasteiger partial charge in [-0.05, 0) is 127 Å². The van der Waals surface area contributed by atoms with Gasteiger partial charge in [0.25, 0.3) is 0 Å². The molecule has 83 heavy (non-hydrogen) atoms. The molecule has 0 unspecified atom stereocenters. The Hall–Kier alpha value is -11.6. The summed E-state index contributed by atoms with van der Waals surface area (Å²) >= 11 is 0. The average Bonchev–Trinajstić information content (AvgIpc) is 2.36. The van der Waals surface area contributed by atoms with E-state index in [1.54, 1.807) is 49.6 Å². The van der Waals surface area contributed by atoms with E-state index >= 15 is 4.39 Å². The smallest absolute Gasteiger partial charge is 0.175 e. The molecular formula is C70H41FN12. The van der Waals surface area contributed by atoms with Crippen molar-refractivity contribution in [2.24, 2.45) is 0 Å². The first-order valence-corrected chi connectivity index (χ1v) is 27.2. The molecule has 0 atom stereocenters. The highest BCUT2D eigenvalue weighted by atomic mass is 19.1. The number of aromatic nitrogens is 12. The Bertz CT molecular complexity index is 4820. The SMILES string of the molecule is Fc1c(-n2c3ccccc3c3ccccc32)c(-n2c3ccc(-c4ncccn4)cc3c3cc(-c4ncccn4)ccc32)cc(-n2c3ccc(-c4ncccn4)cc3c3cc(-c4ncccn4)ccc32)c1-n1c2ccccc2c2ccccc21.